The van der Waals surface area contributed by atoms with Crippen molar-refractivity contribution in [1.29, 1.82) is 0 Å². The van der Waals surface area contributed by atoms with Gasteiger partial charge in [0.05, 0.1) is 6.61 Å². The molecule has 2 aliphatic rings. The number of aliphatic carboxylic acids is 1. The van der Waals surface area contributed by atoms with Gasteiger partial charge < -0.3 is 14.6 Å². The Bertz CT molecular complexity index is 879. The van der Waals surface area contributed by atoms with Gasteiger partial charge in [0.1, 0.15) is 6.61 Å². The van der Waals surface area contributed by atoms with Crippen molar-refractivity contribution in [1.82, 2.24) is 5.06 Å². The molecule has 146 valence electrons. The van der Waals surface area contributed by atoms with Crippen molar-refractivity contribution < 1.29 is 29.0 Å². The van der Waals surface area contributed by atoms with Crippen LogP contribution in [0.1, 0.15) is 30.9 Å². The van der Waals surface area contributed by atoms with E-state index in [2.05, 4.69) is 0 Å². The molecule has 1 aliphatic carbocycles. The molecule has 1 atom stereocenters. The molecule has 2 aromatic rings. The zero-order chi connectivity index (χ0) is 19.9. The summed E-state index contributed by atoms with van der Waals surface area (Å²) in [7, 11) is 0. The number of hydrogen-bond acceptors (Lipinski definition) is 5. The number of carboxylic acid groups (broad SMARTS) is 1. The fraction of sp³-hybridized carbons (Fsp3) is 0.333. The van der Waals surface area contributed by atoms with Crippen molar-refractivity contribution in [2.75, 3.05) is 13.2 Å². The molecule has 1 aliphatic heterocycles. The second kappa shape index (κ2) is 6.92. The third-order valence-corrected chi connectivity index (χ3v) is 4.99. The van der Waals surface area contributed by atoms with Crippen LogP contribution in [0.4, 0.5) is 4.79 Å². The largest absolute Gasteiger partial charge is 0.480 e. The molecule has 7 heteroatoms. The summed E-state index contributed by atoms with van der Waals surface area (Å²) in [5, 5.41) is 10.1. The number of carbonyl (C=O) groups is 2. The molecule has 0 bridgehead atoms. The van der Waals surface area contributed by atoms with E-state index in [0.717, 1.165) is 27.3 Å². The van der Waals surface area contributed by atoms with Crippen LogP contribution in [0.15, 0.2) is 48.5 Å². The standard InChI is InChI=1S/C21H21NO6/c1-21(2)27-12-18(19(23)24)22(28-21)20(25)26-11-17-15-9-5-3-7-13(15)14-8-4-6-10-16(14)17/h3-10,17-18H,11-12H2,1-2H3,(H,23,24)/t18-/m0/s1. The average molecular weight is 383 g/mol. The van der Waals surface area contributed by atoms with Crippen molar-refractivity contribution in [2.45, 2.75) is 31.6 Å². The highest BCUT2D eigenvalue weighted by Gasteiger charge is 2.43. The van der Waals surface area contributed by atoms with Crippen molar-refractivity contribution in [3.8, 4) is 11.1 Å². The van der Waals surface area contributed by atoms with Crippen molar-refractivity contribution in [3.63, 3.8) is 0 Å². The van der Waals surface area contributed by atoms with Gasteiger partial charge in [-0.05, 0) is 36.1 Å². The highest BCUT2D eigenvalue weighted by atomic mass is 16.8. The molecule has 0 unspecified atom stereocenters. The lowest BCUT2D eigenvalue weighted by Crippen LogP contribution is -2.57. The minimum absolute atomic E-state index is 0.0837. The summed E-state index contributed by atoms with van der Waals surface area (Å²) >= 11 is 0. The second-order valence-corrected chi connectivity index (χ2v) is 7.29. The van der Waals surface area contributed by atoms with Crippen molar-refractivity contribution >= 4 is 12.1 Å². The molecule has 1 saturated heterocycles. The van der Waals surface area contributed by atoms with Crippen LogP contribution in [-0.2, 0) is 19.1 Å². The van der Waals surface area contributed by atoms with Gasteiger partial charge >= 0.3 is 12.1 Å². The van der Waals surface area contributed by atoms with Crippen LogP contribution in [0.5, 0.6) is 0 Å². The quantitative estimate of drug-likeness (QED) is 0.875. The topological polar surface area (TPSA) is 85.3 Å². The number of hydrogen-bond donors (Lipinski definition) is 1. The van der Waals surface area contributed by atoms with E-state index in [1.165, 1.54) is 0 Å². The lowest BCUT2D eigenvalue weighted by molar-refractivity contribution is -0.364. The predicted octanol–water partition coefficient (Wildman–Crippen LogP) is 3.39. The van der Waals surface area contributed by atoms with Crippen LogP contribution in [-0.4, -0.2) is 47.3 Å². The minimum Gasteiger partial charge on any atom is -0.480 e. The lowest BCUT2D eigenvalue weighted by Gasteiger charge is -2.39. The number of benzene rings is 2. The number of carboxylic acids is 1. The molecule has 4 rings (SSSR count). The van der Waals surface area contributed by atoms with Crippen LogP contribution in [0.2, 0.25) is 0 Å². The summed E-state index contributed by atoms with van der Waals surface area (Å²) in [6, 6.07) is 14.7. The Morgan fingerprint density at radius 3 is 2.25 bits per heavy atom. The van der Waals surface area contributed by atoms with Gasteiger partial charge in [-0.3, -0.25) is 0 Å². The first-order valence-corrected chi connectivity index (χ1v) is 9.07. The maximum Gasteiger partial charge on any atom is 0.435 e. The molecule has 0 spiro atoms. The maximum atomic E-state index is 12.6. The zero-order valence-corrected chi connectivity index (χ0v) is 15.6. The first kappa shape index (κ1) is 18.5. The van der Waals surface area contributed by atoms with Gasteiger partial charge in [-0.25, -0.2) is 14.4 Å². The number of amides is 1. The first-order valence-electron chi connectivity index (χ1n) is 9.07. The van der Waals surface area contributed by atoms with E-state index in [1.54, 1.807) is 13.8 Å². The third-order valence-electron chi connectivity index (χ3n) is 4.99. The monoisotopic (exact) mass is 383 g/mol. The summed E-state index contributed by atoms with van der Waals surface area (Å²) in [5.41, 5.74) is 4.39. The van der Waals surface area contributed by atoms with Gasteiger partial charge in [-0.15, -0.1) is 0 Å². The van der Waals surface area contributed by atoms with E-state index in [1.807, 2.05) is 48.5 Å². The van der Waals surface area contributed by atoms with Gasteiger partial charge in [-0.2, -0.15) is 5.06 Å². The number of ether oxygens (including phenoxy) is 2. The van der Waals surface area contributed by atoms with E-state index < -0.39 is 23.9 Å². The van der Waals surface area contributed by atoms with Crippen LogP contribution in [0.25, 0.3) is 11.1 Å². The van der Waals surface area contributed by atoms with E-state index in [0.29, 0.717) is 0 Å². The Balaban J connectivity index is 1.54. The fourth-order valence-electron chi connectivity index (χ4n) is 3.67. The highest BCUT2D eigenvalue weighted by molar-refractivity contribution is 5.80. The summed E-state index contributed by atoms with van der Waals surface area (Å²) in [5.74, 6) is -2.45. The SMILES string of the molecule is CC1(C)OC[C@@H](C(=O)O)N(C(=O)OCC2c3ccccc3-c3ccccc32)O1. The molecule has 28 heavy (non-hydrogen) atoms. The van der Waals surface area contributed by atoms with Crippen LogP contribution >= 0.6 is 0 Å². The van der Waals surface area contributed by atoms with Crippen molar-refractivity contribution in [3.05, 3.63) is 59.7 Å². The Morgan fingerprint density at radius 1 is 1.11 bits per heavy atom. The Hall–Kier alpha value is -2.90. The molecule has 0 aromatic heterocycles. The molecule has 1 amide bonds. The van der Waals surface area contributed by atoms with E-state index in [4.69, 9.17) is 14.3 Å². The first-order chi connectivity index (χ1) is 13.4. The number of fused-ring (bicyclic) bond motifs is 3. The minimum atomic E-state index is -1.26. The number of rotatable bonds is 3. The van der Waals surface area contributed by atoms with Crippen LogP contribution in [0, 0.1) is 0 Å². The molecular weight excluding hydrogens is 362 g/mol. The second-order valence-electron chi connectivity index (χ2n) is 7.29. The fourth-order valence-corrected chi connectivity index (χ4v) is 3.67. The Labute approximate surface area is 162 Å². The van der Waals surface area contributed by atoms with Gasteiger partial charge in [0.2, 0.25) is 0 Å². The van der Waals surface area contributed by atoms with E-state index in [-0.39, 0.29) is 19.1 Å². The molecular formula is C21H21NO6. The van der Waals surface area contributed by atoms with Gasteiger partial charge in [0, 0.05) is 5.92 Å². The molecule has 1 N–H and O–H groups in total. The molecule has 2 aromatic carbocycles. The summed E-state index contributed by atoms with van der Waals surface area (Å²) in [6.07, 6.45) is -0.842. The molecule has 1 heterocycles. The van der Waals surface area contributed by atoms with Gasteiger partial charge in [-0.1, -0.05) is 48.5 Å². The highest BCUT2D eigenvalue weighted by Crippen LogP contribution is 2.44. The average Bonchev–Trinajstić information content (AvgIpc) is 2.99. The van der Waals surface area contributed by atoms with Crippen LogP contribution in [0.3, 0.4) is 0 Å². The van der Waals surface area contributed by atoms with Gasteiger partial charge in [0.25, 0.3) is 0 Å². The summed E-state index contributed by atoms with van der Waals surface area (Å²) in [4.78, 5) is 29.5. The molecule has 7 nitrogen and oxygen atoms in total. The predicted molar refractivity (Wildman–Crippen MR) is 99.4 cm³/mol. The van der Waals surface area contributed by atoms with Gasteiger partial charge in [0.15, 0.2) is 11.8 Å². The number of nitrogens with zero attached hydrogens (tertiary/aromatic N) is 1. The Kier molecular flexibility index (Phi) is 4.56. The number of hydroxylamine groups is 2. The lowest BCUT2D eigenvalue weighted by atomic mass is 9.98. The third kappa shape index (κ3) is 3.23. The summed E-state index contributed by atoms with van der Waals surface area (Å²) < 4.78 is 10.8. The normalized spacial score (nSPS) is 20.4. The Morgan fingerprint density at radius 2 is 1.68 bits per heavy atom. The smallest absolute Gasteiger partial charge is 0.435 e. The molecule has 0 radical (unpaired) electrons. The van der Waals surface area contributed by atoms with Crippen LogP contribution < -0.4 is 0 Å². The summed E-state index contributed by atoms with van der Waals surface area (Å²) in [6.45, 7) is 3.12. The zero-order valence-electron chi connectivity index (χ0n) is 15.6. The maximum absolute atomic E-state index is 12.6. The van der Waals surface area contributed by atoms with E-state index in [9.17, 15) is 14.7 Å². The number of carbonyl (C=O) groups excluding carboxylic acids is 1. The molecule has 1 fully saturated rings. The molecule has 0 saturated carbocycles. The van der Waals surface area contributed by atoms with E-state index >= 15 is 0 Å². The van der Waals surface area contributed by atoms with Crippen molar-refractivity contribution in [2.24, 2.45) is 0 Å².